The highest BCUT2D eigenvalue weighted by atomic mass is 79.9. The summed E-state index contributed by atoms with van der Waals surface area (Å²) in [6.45, 7) is 0. The molecule has 0 radical (unpaired) electrons. The summed E-state index contributed by atoms with van der Waals surface area (Å²) in [4.78, 5) is 30.5. The average Bonchev–Trinajstić information content (AvgIpc) is 2.71. The molecule has 2 heterocycles. The van der Waals surface area contributed by atoms with Crippen molar-refractivity contribution >= 4 is 51.8 Å². The fraction of sp³-hybridized carbons (Fsp3) is 0.105. The van der Waals surface area contributed by atoms with Gasteiger partial charge < -0.3 is 4.90 Å². The molecule has 2 N–H and O–H groups in total. The predicted octanol–water partition coefficient (Wildman–Crippen LogP) is 2.12. The number of halogens is 1. The number of para-hydroxylation sites is 1. The van der Waals surface area contributed by atoms with Crippen LogP contribution >= 0.6 is 15.9 Å². The van der Waals surface area contributed by atoms with Gasteiger partial charge in [0.25, 0.3) is 5.91 Å². The van der Waals surface area contributed by atoms with Gasteiger partial charge in [0.2, 0.25) is 5.91 Å². The van der Waals surface area contributed by atoms with Gasteiger partial charge in [0.15, 0.2) is 5.84 Å². The third-order valence-electron chi connectivity index (χ3n) is 4.27. The Labute approximate surface area is 169 Å². The molecule has 4 rings (SSSR count). The Hall–Kier alpha value is -3.33. The molecule has 140 valence electrons. The highest BCUT2D eigenvalue weighted by molar-refractivity contribution is 9.10. The highest BCUT2D eigenvalue weighted by Crippen LogP contribution is 2.27. The van der Waals surface area contributed by atoms with E-state index in [2.05, 4.69) is 42.0 Å². The van der Waals surface area contributed by atoms with Gasteiger partial charge in [0.05, 0.1) is 24.7 Å². The number of carbonyl (C=O) groups is 2. The first kappa shape index (κ1) is 18.1. The minimum atomic E-state index is -0.757. The van der Waals surface area contributed by atoms with Crippen LogP contribution in [0, 0.1) is 0 Å². The topological polar surface area (TPSA) is 98.5 Å². The molecule has 0 fully saturated rings. The fourth-order valence-electron chi connectivity index (χ4n) is 2.89. The Kier molecular flexibility index (Phi) is 4.98. The van der Waals surface area contributed by atoms with Crippen molar-refractivity contribution in [1.82, 2.24) is 15.8 Å². The van der Waals surface area contributed by atoms with Crippen molar-refractivity contribution < 1.29 is 9.59 Å². The Morgan fingerprint density at radius 3 is 2.86 bits per heavy atom. The zero-order valence-corrected chi connectivity index (χ0v) is 16.1. The maximum Gasteiger partial charge on any atom is 0.263 e. The Morgan fingerprint density at radius 1 is 1.25 bits per heavy atom. The number of fused-ring (bicyclic) bond motifs is 3. The number of hydrazone groups is 2. The normalized spacial score (nSPS) is 17.6. The second kappa shape index (κ2) is 7.73. The summed E-state index contributed by atoms with van der Waals surface area (Å²) in [5.74, 6) is -0.204. The molecule has 1 unspecified atom stereocenters. The lowest BCUT2D eigenvalue weighted by Gasteiger charge is -2.34. The summed E-state index contributed by atoms with van der Waals surface area (Å²) in [5.41, 5.74) is 7.34. The van der Waals surface area contributed by atoms with E-state index >= 15 is 0 Å². The molecule has 0 bridgehead atoms. The number of nitrogens with one attached hydrogen (secondary N) is 2. The van der Waals surface area contributed by atoms with Crippen molar-refractivity contribution in [2.75, 3.05) is 0 Å². The molecule has 0 aliphatic carbocycles. The van der Waals surface area contributed by atoms with Crippen LogP contribution in [0.25, 0.3) is 0 Å². The van der Waals surface area contributed by atoms with E-state index in [0.717, 1.165) is 21.3 Å². The zero-order chi connectivity index (χ0) is 19.5. The van der Waals surface area contributed by atoms with Crippen molar-refractivity contribution in [3.8, 4) is 0 Å². The molecule has 0 spiro atoms. The highest BCUT2D eigenvalue weighted by Gasteiger charge is 2.36. The number of rotatable bonds is 4. The second-order valence-corrected chi connectivity index (χ2v) is 7.06. The smallest absolute Gasteiger partial charge is 0.263 e. The maximum absolute atomic E-state index is 12.3. The van der Waals surface area contributed by atoms with Gasteiger partial charge in [0.1, 0.15) is 6.04 Å². The molecule has 0 saturated heterocycles. The number of amides is 2. The first-order chi connectivity index (χ1) is 13.6. The molecular weight excluding hydrogens is 424 g/mol. The largest absolute Gasteiger partial charge is 0.302 e. The lowest BCUT2D eigenvalue weighted by molar-refractivity contribution is -0.130. The lowest BCUT2D eigenvalue weighted by atomic mass is 10.1. The van der Waals surface area contributed by atoms with Gasteiger partial charge in [-0.1, -0.05) is 40.2 Å². The van der Waals surface area contributed by atoms with Gasteiger partial charge in [-0.2, -0.15) is 10.2 Å². The monoisotopic (exact) mass is 438 g/mol. The molecule has 2 amide bonds. The summed E-state index contributed by atoms with van der Waals surface area (Å²) in [5, 5.41) is 8.07. The SMILES string of the molecule is O=C(CC1C(=O)NN=C2c3ccccc3N=CN21)N/N=C/c1ccc(Br)cc1. The first-order valence-electron chi connectivity index (χ1n) is 8.49. The molecule has 2 aliphatic rings. The van der Waals surface area contributed by atoms with E-state index in [1.165, 1.54) is 12.6 Å². The fourth-order valence-corrected chi connectivity index (χ4v) is 3.15. The van der Waals surface area contributed by atoms with Crippen LogP contribution in [0.5, 0.6) is 0 Å². The summed E-state index contributed by atoms with van der Waals surface area (Å²) < 4.78 is 0.958. The van der Waals surface area contributed by atoms with Gasteiger partial charge in [-0.3, -0.25) is 9.59 Å². The number of carbonyl (C=O) groups excluding carboxylic acids is 2. The molecule has 2 aromatic carbocycles. The van der Waals surface area contributed by atoms with E-state index < -0.39 is 6.04 Å². The Bertz CT molecular complexity index is 1020. The molecular formula is C19H15BrN6O2. The molecule has 0 aromatic heterocycles. The van der Waals surface area contributed by atoms with Crippen molar-refractivity contribution in [2.45, 2.75) is 12.5 Å². The second-order valence-electron chi connectivity index (χ2n) is 6.15. The third kappa shape index (κ3) is 3.70. The van der Waals surface area contributed by atoms with E-state index in [-0.39, 0.29) is 18.2 Å². The van der Waals surface area contributed by atoms with Crippen LogP contribution in [0.4, 0.5) is 5.69 Å². The first-order valence-corrected chi connectivity index (χ1v) is 9.28. The van der Waals surface area contributed by atoms with Crippen LogP contribution in [0.15, 0.2) is 68.2 Å². The minimum absolute atomic E-state index is 0.0866. The van der Waals surface area contributed by atoms with Crippen molar-refractivity contribution in [1.29, 1.82) is 0 Å². The van der Waals surface area contributed by atoms with Crippen molar-refractivity contribution in [3.63, 3.8) is 0 Å². The van der Waals surface area contributed by atoms with E-state index in [4.69, 9.17) is 0 Å². The minimum Gasteiger partial charge on any atom is -0.302 e. The maximum atomic E-state index is 12.3. The van der Waals surface area contributed by atoms with Crippen LogP contribution in [0.1, 0.15) is 17.5 Å². The molecule has 9 heteroatoms. The van der Waals surface area contributed by atoms with Gasteiger partial charge >= 0.3 is 0 Å². The zero-order valence-electron chi connectivity index (χ0n) is 14.5. The van der Waals surface area contributed by atoms with E-state index in [0.29, 0.717) is 5.84 Å². The predicted molar refractivity (Wildman–Crippen MR) is 109 cm³/mol. The number of nitrogens with zero attached hydrogens (tertiary/aromatic N) is 4. The van der Waals surface area contributed by atoms with Crippen LogP contribution in [-0.4, -0.2) is 41.1 Å². The van der Waals surface area contributed by atoms with Crippen LogP contribution < -0.4 is 10.9 Å². The van der Waals surface area contributed by atoms with Gasteiger partial charge in [-0.25, -0.2) is 15.8 Å². The van der Waals surface area contributed by atoms with E-state index in [1.54, 1.807) is 4.90 Å². The Morgan fingerprint density at radius 2 is 2.04 bits per heavy atom. The van der Waals surface area contributed by atoms with E-state index in [1.807, 2.05) is 48.5 Å². The quantitative estimate of drug-likeness (QED) is 0.564. The summed E-state index contributed by atoms with van der Waals surface area (Å²) in [7, 11) is 0. The standard InChI is InChI=1S/C19H15BrN6O2/c20-13-7-5-12(6-8-13)10-22-23-17(27)9-16-19(28)25-24-18-14-3-1-2-4-15(14)21-11-26(16)18/h1-8,10-11,16H,9H2,(H,23,27)(H,25,28)/b22-10+. The number of hydrogen-bond acceptors (Lipinski definition) is 6. The number of hydrogen-bond donors (Lipinski definition) is 2. The van der Waals surface area contributed by atoms with Gasteiger partial charge in [0, 0.05) is 10.0 Å². The summed E-state index contributed by atoms with van der Waals surface area (Å²) in [6.07, 6.45) is 2.98. The average molecular weight is 439 g/mol. The summed E-state index contributed by atoms with van der Waals surface area (Å²) >= 11 is 3.36. The van der Waals surface area contributed by atoms with Crippen LogP contribution in [0.3, 0.4) is 0 Å². The van der Waals surface area contributed by atoms with Gasteiger partial charge in [-0.15, -0.1) is 0 Å². The van der Waals surface area contributed by atoms with E-state index in [9.17, 15) is 9.59 Å². The van der Waals surface area contributed by atoms with Crippen LogP contribution in [-0.2, 0) is 9.59 Å². The van der Waals surface area contributed by atoms with Crippen molar-refractivity contribution in [2.24, 2.45) is 15.2 Å². The number of amidine groups is 1. The molecule has 8 nitrogen and oxygen atoms in total. The molecule has 0 saturated carbocycles. The molecule has 1 atom stereocenters. The molecule has 28 heavy (non-hydrogen) atoms. The summed E-state index contributed by atoms with van der Waals surface area (Å²) in [6, 6.07) is 14.2. The Balaban J connectivity index is 1.44. The van der Waals surface area contributed by atoms with Crippen molar-refractivity contribution in [3.05, 3.63) is 64.1 Å². The number of benzene rings is 2. The van der Waals surface area contributed by atoms with Gasteiger partial charge in [-0.05, 0) is 29.8 Å². The molecule has 2 aliphatic heterocycles. The number of aliphatic imine (C=N–C) groups is 1. The third-order valence-corrected chi connectivity index (χ3v) is 4.80. The molecule has 2 aromatic rings. The lowest BCUT2D eigenvalue weighted by Crippen LogP contribution is -2.55. The van der Waals surface area contributed by atoms with Crippen LogP contribution in [0.2, 0.25) is 0 Å².